The van der Waals surface area contributed by atoms with Crippen molar-refractivity contribution in [3.8, 4) is 11.8 Å². The molecular formula is C27H23F4N7O. The number of hydrogen-bond donors (Lipinski definition) is 1. The summed E-state index contributed by atoms with van der Waals surface area (Å²) in [6.45, 7) is 3.06. The minimum absolute atomic E-state index is 0.0387. The first-order chi connectivity index (χ1) is 18.7. The lowest BCUT2D eigenvalue weighted by Gasteiger charge is -2.33. The number of rotatable bonds is 4. The third kappa shape index (κ3) is 6.05. The van der Waals surface area contributed by atoms with E-state index in [2.05, 4.69) is 37.1 Å². The molecule has 1 fully saturated rings. The van der Waals surface area contributed by atoms with Crippen molar-refractivity contribution in [1.82, 2.24) is 29.4 Å². The SMILES string of the molecule is CN1CCN(Cc2ccc(NC(=O)c3cnc(F)c(C#Cc4cnc5cccnn45)c3)cc2C(F)(F)F)CC1. The average Bonchev–Trinajstić information content (AvgIpc) is 3.33. The standard InChI is InChI=1S/C27H23F4N7O/c1-36-9-11-37(12-10-36)17-19-4-6-21(14-23(19)27(29,30)31)35-26(39)20-13-18(25(28)33-15-20)5-7-22-16-32-24-3-2-8-34-38(22)24/h2-4,6,8,13-16H,9-12,17H2,1H3,(H,35,39). The zero-order valence-corrected chi connectivity index (χ0v) is 20.8. The van der Waals surface area contributed by atoms with E-state index in [0.717, 1.165) is 25.4 Å². The molecule has 200 valence electrons. The van der Waals surface area contributed by atoms with E-state index in [-0.39, 0.29) is 28.9 Å². The Morgan fingerprint density at radius 2 is 1.85 bits per heavy atom. The lowest BCUT2D eigenvalue weighted by Crippen LogP contribution is -2.44. The highest BCUT2D eigenvalue weighted by Gasteiger charge is 2.34. The summed E-state index contributed by atoms with van der Waals surface area (Å²) < 4.78 is 57.5. The molecule has 0 saturated carbocycles. The number of imidazole rings is 1. The van der Waals surface area contributed by atoms with Crippen LogP contribution in [0.1, 0.15) is 32.7 Å². The number of carbonyl (C=O) groups is 1. The van der Waals surface area contributed by atoms with Crippen LogP contribution in [0.25, 0.3) is 5.65 Å². The van der Waals surface area contributed by atoms with Gasteiger partial charge >= 0.3 is 6.18 Å². The number of alkyl halides is 3. The molecule has 1 aromatic carbocycles. The summed E-state index contributed by atoms with van der Waals surface area (Å²) in [5.41, 5.74) is 0.0115. The molecule has 39 heavy (non-hydrogen) atoms. The number of benzene rings is 1. The molecule has 0 aliphatic carbocycles. The Morgan fingerprint density at radius 1 is 1.05 bits per heavy atom. The van der Waals surface area contributed by atoms with E-state index in [1.54, 1.807) is 18.3 Å². The maximum Gasteiger partial charge on any atom is 0.416 e. The number of likely N-dealkylation sites (N-methyl/N-ethyl adjacent to an activating group) is 1. The van der Waals surface area contributed by atoms with Crippen LogP contribution in [0, 0.1) is 17.8 Å². The number of hydrogen-bond acceptors (Lipinski definition) is 6. The van der Waals surface area contributed by atoms with Crippen molar-refractivity contribution in [3.63, 3.8) is 0 Å². The first-order valence-electron chi connectivity index (χ1n) is 12.1. The number of fused-ring (bicyclic) bond motifs is 1. The van der Waals surface area contributed by atoms with Gasteiger partial charge in [-0.2, -0.15) is 22.7 Å². The van der Waals surface area contributed by atoms with Crippen molar-refractivity contribution < 1.29 is 22.4 Å². The van der Waals surface area contributed by atoms with Gasteiger partial charge in [0, 0.05) is 50.8 Å². The Kier molecular flexibility index (Phi) is 7.28. The minimum atomic E-state index is -4.60. The second-order valence-corrected chi connectivity index (χ2v) is 9.15. The Morgan fingerprint density at radius 3 is 2.62 bits per heavy atom. The van der Waals surface area contributed by atoms with Crippen LogP contribution in [0.2, 0.25) is 0 Å². The number of nitrogens with zero attached hydrogens (tertiary/aromatic N) is 6. The van der Waals surface area contributed by atoms with E-state index in [0.29, 0.717) is 24.4 Å². The van der Waals surface area contributed by atoms with Crippen LogP contribution in [-0.4, -0.2) is 68.5 Å². The third-order valence-electron chi connectivity index (χ3n) is 6.37. The monoisotopic (exact) mass is 537 g/mol. The van der Waals surface area contributed by atoms with Gasteiger partial charge in [0.1, 0.15) is 5.69 Å². The van der Waals surface area contributed by atoms with Gasteiger partial charge in [0.2, 0.25) is 5.95 Å². The number of piperazine rings is 1. The summed E-state index contributed by atoms with van der Waals surface area (Å²) in [5.74, 6) is 3.73. The first-order valence-corrected chi connectivity index (χ1v) is 12.1. The van der Waals surface area contributed by atoms with Gasteiger partial charge in [-0.15, -0.1) is 0 Å². The molecule has 0 unspecified atom stereocenters. The molecule has 3 aromatic heterocycles. The van der Waals surface area contributed by atoms with Crippen LogP contribution in [0.15, 0.2) is 55.0 Å². The number of anilines is 1. The van der Waals surface area contributed by atoms with Crippen molar-refractivity contribution >= 4 is 17.2 Å². The predicted molar refractivity (Wildman–Crippen MR) is 135 cm³/mol. The average molecular weight is 538 g/mol. The van der Waals surface area contributed by atoms with Gasteiger partial charge in [-0.25, -0.2) is 14.5 Å². The van der Waals surface area contributed by atoms with E-state index >= 15 is 0 Å². The van der Waals surface area contributed by atoms with E-state index in [4.69, 9.17) is 0 Å². The van der Waals surface area contributed by atoms with Gasteiger partial charge in [0.15, 0.2) is 5.65 Å². The number of pyridine rings is 1. The molecule has 0 spiro atoms. The molecule has 4 aromatic rings. The fourth-order valence-electron chi connectivity index (χ4n) is 4.21. The number of amides is 1. The maximum absolute atomic E-state index is 14.3. The number of nitrogens with one attached hydrogen (secondary N) is 1. The van der Waals surface area contributed by atoms with E-state index < -0.39 is 23.6 Å². The van der Waals surface area contributed by atoms with Crippen molar-refractivity contribution in [1.29, 1.82) is 0 Å². The van der Waals surface area contributed by atoms with Crippen molar-refractivity contribution in [2.75, 3.05) is 38.5 Å². The fourth-order valence-corrected chi connectivity index (χ4v) is 4.21. The van der Waals surface area contributed by atoms with Crippen molar-refractivity contribution in [2.45, 2.75) is 12.7 Å². The van der Waals surface area contributed by atoms with Gasteiger partial charge in [-0.05, 0) is 48.9 Å². The van der Waals surface area contributed by atoms with E-state index in [1.807, 2.05) is 11.9 Å². The summed E-state index contributed by atoms with van der Waals surface area (Å²) in [7, 11) is 1.97. The van der Waals surface area contributed by atoms with Gasteiger partial charge < -0.3 is 10.2 Å². The Labute approximate surface area is 221 Å². The quantitative estimate of drug-likeness (QED) is 0.243. The van der Waals surface area contributed by atoms with Gasteiger partial charge in [0.05, 0.1) is 22.9 Å². The van der Waals surface area contributed by atoms with Gasteiger partial charge in [-0.1, -0.05) is 12.0 Å². The summed E-state index contributed by atoms with van der Waals surface area (Å²) in [4.78, 5) is 24.7. The summed E-state index contributed by atoms with van der Waals surface area (Å²) in [6.07, 6.45) is -0.577. The van der Waals surface area contributed by atoms with Crippen LogP contribution in [0.5, 0.6) is 0 Å². The Balaban J connectivity index is 1.35. The van der Waals surface area contributed by atoms with Gasteiger partial charge in [0.25, 0.3) is 5.91 Å². The molecule has 1 saturated heterocycles. The molecule has 1 aliphatic rings. The van der Waals surface area contributed by atoms with E-state index in [1.165, 1.54) is 28.9 Å². The number of halogens is 4. The van der Waals surface area contributed by atoms with Crippen LogP contribution in [0.4, 0.5) is 23.2 Å². The normalized spacial score (nSPS) is 14.7. The highest BCUT2D eigenvalue weighted by atomic mass is 19.4. The second kappa shape index (κ2) is 10.8. The summed E-state index contributed by atoms with van der Waals surface area (Å²) in [5, 5.41) is 6.58. The minimum Gasteiger partial charge on any atom is -0.322 e. The molecule has 1 amide bonds. The Bertz CT molecular complexity index is 1580. The zero-order chi connectivity index (χ0) is 27.6. The predicted octanol–water partition coefficient (Wildman–Crippen LogP) is 3.68. The summed E-state index contributed by atoms with van der Waals surface area (Å²) in [6, 6.07) is 8.35. The van der Waals surface area contributed by atoms with E-state index in [9.17, 15) is 22.4 Å². The first kappa shape index (κ1) is 26.3. The zero-order valence-electron chi connectivity index (χ0n) is 20.8. The van der Waals surface area contributed by atoms with Crippen LogP contribution in [-0.2, 0) is 12.7 Å². The molecule has 0 radical (unpaired) electrons. The molecular weight excluding hydrogens is 514 g/mol. The maximum atomic E-state index is 14.3. The van der Waals surface area contributed by atoms with Crippen LogP contribution in [0.3, 0.4) is 0 Å². The number of carbonyl (C=O) groups excluding carboxylic acids is 1. The molecule has 1 aliphatic heterocycles. The Hall–Kier alpha value is -4.34. The smallest absolute Gasteiger partial charge is 0.322 e. The highest BCUT2D eigenvalue weighted by Crippen LogP contribution is 2.34. The highest BCUT2D eigenvalue weighted by molar-refractivity contribution is 6.04. The largest absolute Gasteiger partial charge is 0.416 e. The number of aromatic nitrogens is 4. The van der Waals surface area contributed by atoms with Crippen LogP contribution < -0.4 is 5.32 Å². The van der Waals surface area contributed by atoms with Crippen molar-refractivity contribution in [3.05, 3.63) is 88.9 Å². The third-order valence-corrected chi connectivity index (χ3v) is 6.37. The topological polar surface area (TPSA) is 78.7 Å². The molecule has 0 bridgehead atoms. The second-order valence-electron chi connectivity index (χ2n) is 9.15. The van der Waals surface area contributed by atoms with Crippen LogP contribution >= 0.6 is 0 Å². The fraction of sp³-hybridized carbons (Fsp3) is 0.259. The molecule has 4 heterocycles. The van der Waals surface area contributed by atoms with Crippen molar-refractivity contribution in [2.24, 2.45) is 0 Å². The van der Waals surface area contributed by atoms with Gasteiger partial charge in [-0.3, -0.25) is 9.69 Å². The lowest BCUT2D eigenvalue weighted by molar-refractivity contribution is -0.138. The molecule has 5 rings (SSSR count). The molecule has 1 N–H and O–H groups in total. The molecule has 8 nitrogen and oxygen atoms in total. The molecule has 0 atom stereocenters. The molecule has 12 heteroatoms. The lowest BCUT2D eigenvalue weighted by atomic mass is 10.0. The summed E-state index contributed by atoms with van der Waals surface area (Å²) >= 11 is 0.